The molecule has 122 valence electrons. The summed E-state index contributed by atoms with van der Waals surface area (Å²) in [4.78, 5) is 9.58. The van der Waals surface area contributed by atoms with E-state index in [0.29, 0.717) is 0 Å². The normalized spacial score (nSPS) is 10.8. The fourth-order valence-corrected chi connectivity index (χ4v) is 3.00. The lowest BCUT2D eigenvalue weighted by Crippen LogP contribution is -2.02. The maximum atomic E-state index is 4.96. The van der Waals surface area contributed by atoms with E-state index in [1.807, 2.05) is 56.4 Å². The molecule has 0 unspecified atom stereocenters. The molecule has 4 aromatic rings. The molecule has 3 aromatic carbocycles. The highest BCUT2D eigenvalue weighted by Gasteiger charge is 2.08. The Morgan fingerprint density at radius 2 is 1.44 bits per heavy atom. The first kappa shape index (κ1) is 15.3. The zero-order valence-electron chi connectivity index (χ0n) is 14.3. The van der Waals surface area contributed by atoms with E-state index in [4.69, 9.17) is 4.99 Å². The molecule has 0 saturated heterocycles. The van der Waals surface area contributed by atoms with Crippen molar-refractivity contribution in [3.63, 3.8) is 0 Å². The van der Waals surface area contributed by atoms with Gasteiger partial charge < -0.3 is 4.57 Å². The summed E-state index contributed by atoms with van der Waals surface area (Å²) in [6.45, 7) is 2.02. The van der Waals surface area contributed by atoms with Crippen molar-refractivity contribution >= 4 is 22.4 Å². The number of benzene rings is 3. The molecule has 25 heavy (non-hydrogen) atoms. The number of rotatable bonds is 3. The van der Waals surface area contributed by atoms with Gasteiger partial charge in [-0.3, -0.25) is 0 Å². The number of fused-ring (bicyclic) bond motifs is 1. The van der Waals surface area contributed by atoms with Gasteiger partial charge in [0.15, 0.2) is 0 Å². The van der Waals surface area contributed by atoms with E-state index in [1.54, 1.807) is 0 Å². The zero-order valence-corrected chi connectivity index (χ0v) is 14.3. The summed E-state index contributed by atoms with van der Waals surface area (Å²) < 4.78 is 2.10. The van der Waals surface area contributed by atoms with Crippen molar-refractivity contribution in [1.29, 1.82) is 0 Å². The van der Waals surface area contributed by atoms with Gasteiger partial charge in [0.1, 0.15) is 5.82 Å². The van der Waals surface area contributed by atoms with Gasteiger partial charge in [-0.25, -0.2) is 9.98 Å². The monoisotopic (exact) mass is 325 g/mol. The Bertz CT molecular complexity index is 1000. The first-order chi connectivity index (χ1) is 12.2. The van der Waals surface area contributed by atoms with Crippen molar-refractivity contribution in [2.75, 3.05) is 0 Å². The summed E-state index contributed by atoms with van der Waals surface area (Å²) in [5.41, 5.74) is 6.18. The molecule has 0 radical (unpaired) electrons. The highest BCUT2D eigenvalue weighted by atomic mass is 15.0. The minimum atomic E-state index is 0.910. The van der Waals surface area contributed by atoms with Crippen LogP contribution in [0.1, 0.15) is 17.0 Å². The minimum Gasteiger partial charge on any atom is -0.331 e. The Morgan fingerprint density at radius 1 is 0.840 bits per heavy atom. The molecule has 0 aliphatic carbocycles. The molecule has 0 spiro atoms. The summed E-state index contributed by atoms with van der Waals surface area (Å²) in [6.07, 6.45) is 0. The number of hydrogen-bond donors (Lipinski definition) is 0. The topological polar surface area (TPSA) is 30.2 Å². The van der Waals surface area contributed by atoms with Crippen molar-refractivity contribution < 1.29 is 0 Å². The third-order valence-corrected chi connectivity index (χ3v) is 4.42. The minimum absolute atomic E-state index is 0.910. The molecule has 3 nitrogen and oxygen atoms in total. The smallest absolute Gasteiger partial charge is 0.106 e. The van der Waals surface area contributed by atoms with Crippen LogP contribution in [0.2, 0.25) is 0 Å². The maximum Gasteiger partial charge on any atom is 0.106 e. The van der Waals surface area contributed by atoms with E-state index >= 15 is 0 Å². The number of nitrogens with zero attached hydrogens (tertiary/aromatic N) is 3. The summed E-state index contributed by atoms with van der Waals surface area (Å²) in [5, 5.41) is 0. The molecule has 0 aliphatic heterocycles. The quantitative estimate of drug-likeness (QED) is 0.485. The summed E-state index contributed by atoms with van der Waals surface area (Å²) in [5.74, 6) is 1.00. The second-order valence-electron chi connectivity index (χ2n) is 6.08. The molecule has 0 amide bonds. The van der Waals surface area contributed by atoms with E-state index < -0.39 is 0 Å². The van der Waals surface area contributed by atoms with E-state index in [2.05, 4.69) is 45.9 Å². The molecule has 1 heterocycles. The number of hydrogen-bond acceptors (Lipinski definition) is 2. The van der Waals surface area contributed by atoms with Gasteiger partial charge in [0.25, 0.3) is 0 Å². The molecule has 0 aliphatic rings. The van der Waals surface area contributed by atoms with Crippen molar-refractivity contribution in [1.82, 2.24) is 9.55 Å². The molecule has 3 heteroatoms. The fraction of sp³-hybridized carbons (Fsp3) is 0.0909. The molecular formula is C22H19N3. The molecule has 0 bridgehead atoms. The molecule has 1 aromatic heterocycles. The third-order valence-electron chi connectivity index (χ3n) is 4.42. The van der Waals surface area contributed by atoms with Crippen molar-refractivity contribution in [3.05, 3.63) is 95.8 Å². The van der Waals surface area contributed by atoms with Crippen LogP contribution in [-0.2, 0) is 7.05 Å². The Kier molecular flexibility index (Phi) is 3.90. The van der Waals surface area contributed by atoms with Crippen LogP contribution >= 0.6 is 0 Å². The third kappa shape index (κ3) is 2.96. The van der Waals surface area contributed by atoms with Gasteiger partial charge in [-0.1, -0.05) is 60.7 Å². The molecule has 0 atom stereocenters. The lowest BCUT2D eigenvalue weighted by molar-refractivity contribution is 0.886. The average molecular weight is 325 g/mol. The van der Waals surface area contributed by atoms with Crippen molar-refractivity contribution in [2.45, 2.75) is 6.92 Å². The first-order valence-corrected chi connectivity index (χ1v) is 8.35. The molecule has 4 rings (SSSR count). The lowest BCUT2D eigenvalue weighted by atomic mass is 10.0. The Hall–Kier alpha value is -3.20. The predicted octanol–water partition coefficient (Wildman–Crippen LogP) is 5.05. The van der Waals surface area contributed by atoms with Crippen LogP contribution in [0.15, 0.2) is 83.9 Å². The first-order valence-electron chi connectivity index (χ1n) is 8.35. The van der Waals surface area contributed by atoms with Crippen LogP contribution in [0.25, 0.3) is 11.0 Å². The van der Waals surface area contributed by atoms with Gasteiger partial charge in [0, 0.05) is 18.2 Å². The van der Waals surface area contributed by atoms with Gasteiger partial charge in [0.2, 0.25) is 0 Å². The predicted molar refractivity (Wildman–Crippen MR) is 104 cm³/mol. The van der Waals surface area contributed by atoms with E-state index in [1.165, 1.54) is 0 Å². The Morgan fingerprint density at radius 3 is 2.04 bits per heavy atom. The number of aliphatic imine (C=N–C) groups is 1. The fourth-order valence-electron chi connectivity index (χ4n) is 3.00. The van der Waals surface area contributed by atoms with Crippen LogP contribution in [0.5, 0.6) is 0 Å². The second kappa shape index (κ2) is 6.36. The summed E-state index contributed by atoms with van der Waals surface area (Å²) >= 11 is 0. The van der Waals surface area contributed by atoms with Gasteiger partial charge in [-0.2, -0.15) is 0 Å². The largest absolute Gasteiger partial charge is 0.331 e. The highest BCUT2D eigenvalue weighted by Crippen LogP contribution is 2.23. The molecular weight excluding hydrogens is 306 g/mol. The van der Waals surface area contributed by atoms with Crippen LogP contribution in [0, 0.1) is 6.92 Å². The Balaban J connectivity index is 1.87. The van der Waals surface area contributed by atoms with E-state index in [-0.39, 0.29) is 0 Å². The average Bonchev–Trinajstić information content (AvgIpc) is 2.95. The zero-order chi connectivity index (χ0) is 17.2. The molecule has 0 N–H and O–H groups in total. The number of imidazole rings is 1. The molecule has 0 fully saturated rings. The SMILES string of the molecule is Cc1nc2cc(N=C(c3ccccc3)c3ccccc3)ccc2n1C. The van der Waals surface area contributed by atoms with E-state index in [9.17, 15) is 0 Å². The second-order valence-corrected chi connectivity index (χ2v) is 6.08. The van der Waals surface area contributed by atoms with Gasteiger partial charge >= 0.3 is 0 Å². The Labute approximate surface area is 147 Å². The van der Waals surface area contributed by atoms with Crippen molar-refractivity contribution in [3.8, 4) is 0 Å². The maximum absolute atomic E-state index is 4.96. The van der Waals surface area contributed by atoms with Crippen LogP contribution < -0.4 is 0 Å². The van der Waals surface area contributed by atoms with Gasteiger partial charge in [-0.05, 0) is 25.1 Å². The van der Waals surface area contributed by atoms with Crippen LogP contribution in [-0.4, -0.2) is 15.3 Å². The number of aryl methyl sites for hydroxylation is 2. The number of aromatic nitrogens is 2. The highest BCUT2D eigenvalue weighted by molar-refractivity contribution is 6.14. The van der Waals surface area contributed by atoms with Crippen LogP contribution in [0.4, 0.5) is 5.69 Å². The van der Waals surface area contributed by atoms with Crippen LogP contribution in [0.3, 0.4) is 0 Å². The molecule has 0 saturated carbocycles. The summed E-state index contributed by atoms with van der Waals surface area (Å²) in [6, 6.07) is 26.8. The lowest BCUT2D eigenvalue weighted by Gasteiger charge is -2.08. The summed E-state index contributed by atoms with van der Waals surface area (Å²) in [7, 11) is 2.03. The van der Waals surface area contributed by atoms with Gasteiger partial charge in [-0.15, -0.1) is 0 Å². The van der Waals surface area contributed by atoms with Crippen molar-refractivity contribution in [2.24, 2.45) is 12.0 Å². The van der Waals surface area contributed by atoms with E-state index in [0.717, 1.165) is 39.4 Å². The van der Waals surface area contributed by atoms with Gasteiger partial charge in [0.05, 0.1) is 22.4 Å². The standard InChI is InChI=1S/C22H19N3/c1-16-23-20-15-19(13-14-21(20)25(16)2)24-22(17-9-5-3-6-10-17)18-11-7-4-8-12-18/h3-15H,1-2H3.